The standard InChI is InChI=1S/C11H23N3O/c1-8-5-10(6-12)7-14(8)9(2)11(15)13(3)4/h8-10H,5-7,12H2,1-4H3. The van der Waals surface area contributed by atoms with Crippen molar-refractivity contribution in [2.45, 2.75) is 32.4 Å². The van der Waals surface area contributed by atoms with Crippen molar-refractivity contribution in [2.75, 3.05) is 27.2 Å². The van der Waals surface area contributed by atoms with Crippen molar-refractivity contribution in [1.82, 2.24) is 9.80 Å². The summed E-state index contributed by atoms with van der Waals surface area (Å²) in [5, 5.41) is 0. The van der Waals surface area contributed by atoms with Crippen molar-refractivity contribution in [3.05, 3.63) is 0 Å². The van der Waals surface area contributed by atoms with E-state index in [2.05, 4.69) is 11.8 Å². The van der Waals surface area contributed by atoms with Gasteiger partial charge < -0.3 is 10.6 Å². The van der Waals surface area contributed by atoms with Crippen LogP contribution in [0.3, 0.4) is 0 Å². The summed E-state index contributed by atoms with van der Waals surface area (Å²) < 4.78 is 0. The van der Waals surface area contributed by atoms with E-state index in [1.165, 1.54) is 0 Å². The number of hydrogen-bond acceptors (Lipinski definition) is 3. The van der Waals surface area contributed by atoms with Gasteiger partial charge in [-0.2, -0.15) is 0 Å². The van der Waals surface area contributed by atoms with Crippen molar-refractivity contribution >= 4 is 5.91 Å². The predicted octanol–water partition coefficient (Wildman–Crippen LogP) is 0.132. The predicted molar refractivity (Wildman–Crippen MR) is 61.5 cm³/mol. The van der Waals surface area contributed by atoms with Crippen molar-refractivity contribution in [3.8, 4) is 0 Å². The Labute approximate surface area is 92.4 Å². The minimum absolute atomic E-state index is 0.0217. The molecule has 4 nitrogen and oxygen atoms in total. The highest BCUT2D eigenvalue weighted by molar-refractivity contribution is 5.81. The van der Waals surface area contributed by atoms with Crippen LogP contribution in [0.4, 0.5) is 0 Å². The van der Waals surface area contributed by atoms with Gasteiger partial charge in [0.2, 0.25) is 5.91 Å². The fourth-order valence-electron chi connectivity index (χ4n) is 2.40. The Hall–Kier alpha value is -0.610. The molecule has 0 radical (unpaired) electrons. The summed E-state index contributed by atoms with van der Waals surface area (Å²) in [4.78, 5) is 15.7. The van der Waals surface area contributed by atoms with E-state index in [9.17, 15) is 4.79 Å². The first-order valence-corrected chi connectivity index (χ1v) is 5.64. The third kappa shape index (κ3) is 2.69. The van der Waals surface area contributed by atoms with Gasteiger partial charge in [0.1, 0.15) is 0 Å². The Morgan fingerprint density at radius 1 is 1.60 bits per heavy atom. The number of amides is 1. The number of likely N-dealkylation sites (tertiary alicyclic amines) is 1. The van der Waals surface area contributed by atoms with Gasteiger partial charge in [0.05, 0.1) is 6.04 Å². The molecule has 2 N–H and O–H groups in total. The Kier molecular flexibility index (Phi) is 4.11. The summed E-state index contributed by atoms with van der Waals surface area (Å²) >= 11 is 0. The SMILES string of the molecule is CC1CC(CN)CN1C(C)C(=O)N(C)C. The van der Waals surface area contributed by atoms with E-state index < -0.39 is 0 Å². The Bertz CT molecular complexity index is 230. The van der Waals surface area contributed by atoms with Crippen LogP contribution in [-0.4, -0.2) is 55.0 Å². The smallest absolute Gasteiger partial charge is 0.239 e. The molecule has 0 saturated carbocycles. The molecule has 1 aliphatic rings. The summed E-state index contributed by atoms with van der Waals surface area (Å²) in [6.45, 7) is 5.84. The van der Waals surface area contributed by atoms with Gasteiger partial charge in [-0.05, 0) is 32.7 Å². The van der Waals surface area contributed by atoms with E-state index in [4.69, 9.17) is 5.73 Å². The molecule has 1 fully saturated rings. The topological polar surface area (TPSA) is 49.6 Å². The molecule has 88 valence electrons. The molecule has 1 saturated heterocycles. The minimum Gasteiger partial charge on any atom is -0.347 e. The maximum Gasteiger partial charge on any atom is 0.239 e. The lowest BCUT2D eigenvalue weighted by atomic mass is 10.1. The average Bonchev–Trinajstić information content (AvgIpc) is 2.57. The van der Waals surface area contributed by atoms with Gasteiger partial charge in [0.25, 0.3) is 0 Å². The fourth-order valence-corrected chi connectivity index (χ4v) is 2.40. The first kappa shape index (κ1) is 12.5. The molecule has 15 heavy (non-hydrogen) atoms. The van der Waals surface area contributed by atoms with E-state index in [-0.39, 0.29) is 11.9 Å². The zero-order valence-corrected chi connectivity index (χ0v) is 10.2. The van der Waals surface area contributed by atoms with Crippen LogP contribution >= 0.6 is 0 Å². The molecule has 3 unspecified atom stereocenters. The summed E-state index contributed by atoms with van der Waals surface area (Å²) in [5.41, 5.74) is 5.67. The number of nitrogens with zero attached hydrogens (tertiary/aromatic N) is 2. The van der Waals surface area contributed by atoms with Crippen LogP contribution < -0.4 is 5.73 Å². The number of likely N-dealkylation sites (N-methyl/N-ethyl adjacent to an activating group) is 1. The highest BCUT2D eigenvalue weighted by Gasteiger charge is 2.34. The van der Waals surface area contributed by atoms with Gasteiger partial charge in [-0.25, -0.2) is 0 Å². The van der Waals surface area contributed by atoms with Crippen molar-refractivity contribution in [2.24, 2.45) is 11.7 Å². The second-order valence-corrected chi connectivity index (χ2v) is 4.79. The van der Waals surface area contributed by atoms with Crippen LogP contribution in [0, 0.1) is 5.92 Å². The highest BCUT2D eigenvalue weighted by Crippen LogP contribution is 2.24. The fraction of sp³-hybridized carbons (Fsp3) is 0.909. The molecule has 1 rings (SSSR count). The summed E-state index contributed by atoms with van der Waals surface area (Å²) in [7, 11) is 3.61. The number of rotatable bonds is 3. The maximum absolute atomic E-state index is 11.8. The Balaban J connectivity index is 2.60. The first-order chi connectivity index (χ1) is 6.97. The monoisotopic (exact) mass is 213 g/mol. The lowest BCUT2D eigenvalue weighted by Crippen LogP contribution is -2.46. The molecule has 3 atom stereocenters. The molecule has 0 spiro atoms. The second-order valence-electron chi connectivity index (χ2n) is 4.79. The van der Waals surface area contributed by atoms with Crippen molar-refractivity contribution in [3.63, 3.8) is 0 Å². The molecular formula is C11H23N3O. The molecule has 1 amide bonds. The minimum atomic E-state index is -0.0217. The molecule has 1 aliphatic heterocycles. The number of hydrogen-bond donors (Lipinski definition) is 1. The first-order valence-electron chi connectivity index (χ1n) is 5.64. The lowest BCUT2D eigenvalue weighted by molar-refractivity contribution is -0.134. The van der Waals surface area contributed by atoms with Crippen LogP contribution in [0.1, 0.15) is 20.3 Å². The van der Waals surface area contributed by atoms with Crippen LogP contribution in [0.15, 0.2) is 0 Å². The molecule has 0 bridgehead atoms. The average molecular weight is 213 g/mol. The third-order valence-corrected chi connectivity index (χ3v) is 3.34. The van der Waals surface area contributed by atoms with Crippen LogP contribution in [0.2, 0.25) is 0 Å². The number of carbonyl (C=O) groups excluding carboxylic acids is 1. The lowest BCUT2D eigenvalue weighted by Gasteiger charge is -2.29. The van der Waals surface area contributed by atoms with Gasteiger partial charge >= 0.3 is 0 Å². The van der Waals surface area contributed by atoms with Gasteiger partial charge in [0, 0.05) is 26.7 Å². The number of nitrogens with two attached hydrogens (primary N) is 1. The van der Waals surface area contributed by atoms with E-state index in [0.29, 0.717) is 12.0 Å². The summed E-state index contributed by atoms with van der Waals surface area (Å²) in [5.74, 6) is 0.733. The van der Waals surface area contributed by atoms with Gasteiger partial charge in [-0.15, -0.1) is 0 Å². The zero-order chi connectivity index (χ0) is 11.6. The molecule has 1 heterocycles. The van der Waals surface area contributed by atoms with E-state index in [1.54, 1.807) is 19.0 Å². The largest absolute Gasteiger partial charge is 0.347 e. The highest BCUT2D eigenvalue weighted by atomic mass is 16.2. The summed E-state index contributed by atoms with van der Waals surface area (Å²) in [6.07, 6.45) is 1.11. The molecular weight excluding hydrogens is 190 g/mol. The van der Waals surface area contributed by atoms with Crippen LogP contribution in [0.25, 0.3) is 0 Å². The molecule has 4 heteroatoms. The van der Waals surface area contributed by atoms with Gasteiger partial charge in [0.15, 0.2) is 0 Å². The quantitative estimate of drug-likeness (QED) is 0.725. The van der Waals surface area contributed by atoms with Crippen molar-refractivity contribution < 1.29 is 4.79 Å². The van der Waals surface area contributed by atoms with E-state index in [1.807, 2.05) is 6.92 Å². The van der Waals surface area contributed by atoms with E-state index in [0.717, 1.165) is 19.5 Å². The molecule has 0 aromatic heterocycles. The van der Waals surface area contributed by atoms with Crippen LogP contribution in [0.5, 0.6) is 0 Å². The second kappa shape index (κ2) is 4.94. The Morgan fingerprint density at radius 2 is 2.20 bits per heavy atom. The van der Waals surface area contributed by atoms with Crippen LogP contribution in [-0.2, 0) is 4.79 Å². The Morgan fingerprint density at radius 3 is 2.60 bits per heavy atom. The summed E-state index contributed by atoms with van der Waals surface area (Å²) in [6, 6.07) is 0.448. The number of carbonyl (C=O) groups is 1. The van der Waals surface area contributed by atoms with Gasteiger partial charge in [-0.3, -0.25) is 9.69 Å². The molecule has 0 aromatic rings. The molecule has 0 aliphatic carbocycles. The van der Waals surface area contributed by atoms with Crippen molar-refractivity contribution in [1.29, 1.82) is 0 Å². The van der Waals surface area contributed by atoms with Gasteiger partial charge in [-0.1, -0.05) is 0 Å². The maximum atomic E-state index is 11.8. The molecule has 0 aromatic carbocycles. The normalized spacial score (nSPS) is 29.1. The van der Waals surface area contributed by atoms with E-state index >= 15 is 0 Å². The third-order valence-electron chi connectivity index (χ3n) is 3.34. The zero-order valence-electron chi connectivity index (χ0n) is 10.2.